The Hall–Kier alpha value is -3.79. The van der Waals surface area contributed by atoms with Gasteiger partial charge in [-0.15, -0.1) is 0 Å². The minimum absolute atomic E-state index is 0.0595. The zero-order valence-corrected chi connectivity index (χ0v) is 21.1. The van der Waals surface area contributed by atoms with Gasteiger partial charge in [0.2, 0.25) is 15.8 Å². The monoisotopic (exact) mass is 518 g/mol. The predicted octanol–water partition coefficient (Wildman–Crippen LogP) is 4.29. The largest absolute Gasteiger partial charge is 0.450 e. The Morgan fingerprint density at radius 1 is 0.919 bits per heavy atom. The van der Waals surface area contributed by atoms with Crippen molar-refractivity contribution in [2.75, 3.05) is 38.2 Å². The van der Waals surface area contributed by atoms with Crippen LogP contribution in [0.1, 0.15) is 32.0 Å². The summed E-state index contributed by atoms with van der Waals surface area (Å²) in [4.78, 5) is 26.4. The number of aryl methyl sites for hydroxylation is 1. The zero-order valence-electron chi connectivity index (χ0n) is 20.3. The number of morpholine rings is 1. The summed E-state index contributed by atoms with van der Waals surface area (Å²) in [5.41, 5.74) is 2.70. The Morgan fingerprint density at radius 2 is 1.65 bits per heavy atom. The molecule has 0 unspecified atom stereocenters. The van der Waals surface area contributed by atoms with Crippen LogP contribution in [0.4, 0.5) is 5.69 Å². The third-order valence-electron chi connectivity index (χ3n) is 6.31. The molecule has 1 aliphatic rings. The number of hydrogen-bond donors (Lipinski definition) is 1. The Kier molecular flexibility index (Phi) is 6.92. The second kappa shape index (κ2) is 10.3. The molecule has 37 heavy (non-hydrogen) atoms. The highest BCUT2D eigenvalue weighted by Gasteiger charge is 2.27. The van der Waals surface area contributed by atoms with Crippen molar-refractivity contribution < 1.29 is 27.2 Å². The summed E-state index contributed by atoms with van der Waals surface area (Å²) in [6.45, 7) is 3.00. The quantitative estimate of drug-likeness (QED) is 0.347. The van der Waals surface area contributed by atoms with Gasteiger partial charge < -0.3 is 14.5 Å². The lowest BCUT2D eigenvalue weighted by atomic mass is 10.1. The minimum Gasteiger partial charge on any atom is -0.450 e. The average molecular weight is 519 g/mol. The van der Waals surface area contributed by atoms with Gasteiger partial charge in [-0.3, -0.25) is 9.59 Å². The molecule has 0 bridgehead atoms. The molecule has 0 radical (unpaired) electrons. The molecule has 0 atom stereocenters. The van der Waals surface area contributed by atoms with Crippen LogP contribution in [0.5, 0.6) is 0 Å². The van der Waals surface area contributed by atoms with Crippen molar-refractivity contribution in [3.05, 3.63) is 95.2 Å². The van der Waals surface area contributed by atoms with Crippen molar-refractivity contribution in [3.8, 4) is 0 Å². The maximum Gasteiger partial charge on any atom is 0.243 e. The number of hydrogen-bond acceptors (Lipinski definition) is 7. The third kappa shape index (κ3) is 5.06. The Bertz CT molecular complexity index is 1570. The van der Waals surface area contributed by atoms with E-state index >= 15 is 0 Å². The first-order valence-corrected chi connectivity index (χ1v) is 13.4. The van der Waals surface area contributed by atoms with Crippen LogP contribution in [0.25, 0.3) is 11.0 Å². The number of carbonyl (C=O) groups excluding carboxylic acids is 2. The van der Waals surface area contributed by atoms with Crippen molar-refractivity contribution in [3.63, 3.8) is 0 Å². The molecule has 0 saturated carbocycles. The first-order valence-electron chi connectivity index (χ1n) is 11.9. The van der Waals surface area contributed by atoms with E-state index in [0.29, 0.717) is 35.4 Å². The van der Waals surface area contributed by atoms with E-state index in [-0.39, 0.29) is 47.4 Å². The van der Waals surface area contributed by atoms with Crippen LogP contribution >= 0.6 is 0 Å². The lowest BCUT2D eigenvalue weighted by Crippen LogP contribution is -2.40. The molecule has 4 aromatic rings. The van der Waals surface area contributed by atoms with Crippen LogP contribution in [0.15, 0.2) is 82.1 Å². The van der Waals surface area contributed by atoms with Crippen molar-refractivity contribution in [1.29, 1.82) is 0 Å². The van der Waals surface area contributed by atoms with Crippen molar-refractivity contribution in [2.45, 2.75) is 11.8 Å². The number of fused-ring (bicyclic) bond motifs is 1. The summed E-state index contributed by atoms with van der Waals surface area (Å²) in [6.07, 6.45) is 0. The topological polar surface area (TPSA) is 106 Å². The van der Waals surface area contributed by atoms with Gasteiger partial charge in [-0.05, 0) is 31.2 Å². The summed E-state index contributed by atoms with van der Waals surface area (Å²) in [5, 5.41) is 3.75. The summed E-state index contributed by atoms with van der Waals surface area (Å²) in [6, 6.07) is 20.4. The fourth-order valence-corrected chi connectivity index (χ4v) is 5.71. The predicted molar refractivity (Wildman–Crippen MR) is 140 cm³/mol. The molecular weight excluding hydrogens is 492 g/mol. The summed E-state index contributed by atoms with van der Waals surface area (Å²) in [7, 11) is -3.74. The van der Waals surface area contributed by atoms with Crippen molar-refractivity contribution >= 4 is 38.2 Å². The fourth-order valence-electron chi connectivity index (χ4n) is 4.25. The number of furan rings is 1. The van der Waals surface area contributed by atoms with Crippen LogP contribution in [0.3, 0.4) is 0 Å². The van der Waals surface area contributed by atoms with Crippen molar-refractivity contribution in [1.82, 2.24) is 4.31 Å². The second-order valence-corrected chi connectivity index (χ2v) is 10.8. The lowest BCUT2D eigenvalue weighted by Gasteiger charge is -2.26. The highest BCUT2D eigenvalue weighted by atomic mass is 32.2. The van der Waals surface area contributed by atoms with E-state index in [0.717, 1.165) is 5.56 Å². The number of sulfonamides is 1. The van der Waals surface area contributed by atoms with Crippen LogP contribution in [0.2, 0.25) is 0 Å². The molecule has 1 aromatic heterocycles. The molecule has 2 heterocycles. The van der Waals surface area contributed by atoms with E-state index in [1.54, 1.807) is 36.4 Å². The van der Waals surface area contributed by atoms with E-state index < -0.39 is 10.0 Å². The Morgan fingerprint density at radius 3 is 2.41 bits per heavy atom. The van der Waals surface area contributed by atoms with E-state index in [1.165, 1.54) is 16.4 Å². The maximum absolute atomic E-state index is 13.3. The van der Waals surface area contributed by atoms with E-state index in [1.807, 2.05) is 31.2 Å². The standard InChI is InChI=1S/C28H26N2O6S/c1-19-9-11-20(12-10-19)27(32)28-26(23-7-2-3-8-25(23)36-28)29-18-24(31)21-5-4-6-22(17-21)37(33,34)30-13-15-35-16-14-30/h2-12,17,29H,13-16,18H2,1H3. The summed E-state index contributed by atoms with van der Waals surface area (Å²) in [5.74, 6) is -0.510. The number of ketones is 2. The van der Waals surface area contributed by atoms with Gasteiger partial charge in [0.05, 0.1) is 30.3 Å². The van der Waals surface area contributed by atoms with Crippen LogP contribution in [-0.4, -0.2) is 57.1 Å². The molecule has 0 amide bonds. The minimum atomic E-state index is -3.74. The number of Topliss-reactive ketones (excluding diaryl/α,β-unsaturated/α-hetero) is 1. The molecule has 3 aromatic carbocycles. The summed E-state index contributed by atoms with van der Waals surface area (Å²) >= 11 is 0. The molecule has 5 rings (SSSR count). The van der Waals surface area contributed by atoms with Gasteiger partial charge in [-0.1, -0.05) is 54.1 Å². The molecule has 1 N–H and O–H groups in total. The maximum atomic E-state index is 13.3. The number of nitrogens with zero attached hydrogens (tertiary/aromatic N) is 1. The van der Waals surface area contributed by atoms with Gasteiger partial charge in [0, 0.05) is 29.6 Å². The summed E-state index contributed by atoms with van der Waals surface area (Å²) < 4.78 is 38.6. The number of para-hydroxylation sites is 1. The van der Waals surface area contributed by atoms with Gasteiger partial charge in [-0.2, -0.15) is 4.31 Å². The first kappa shape index (κ1) is 24.9. The molecule has 8 nitrogen and oxygen atoms in total. The molecule has 1 saturated heterocycles. The van der Waals surface area contributed by atoms with E-state index in [9.17, 15) is 18.0 Å². The molecular formula is C28H26N2O6S. The number of nitrogens with one attached hydrogen (secondary N) is 1. The van der Waals surface area contributed by atoms with Gasteiger partial charge in [-0.25, -0.2) is 8.42 Å². The van der Waals surface area contributed by atoms with Gasteiger partial charge >= 0.3 is 0 Å². The number of anilines is 1. The van der Waals surface area contributed by atoms with E-state index in [2.05, 4.69) is 5.32 Å². The molecule has 1 fully saturated rings. The average Bonchev–Trinajstić information content (AvgIpc) is 3.31. The molecule has 1 aliphatic heterocycles. The molecule has 0 aliphatic carbocycles. The zero-order chi connectivity index (χ0) is 26.0. The van der Waals surface area contributed by atoms with Crippen LogP contribution < -0.4 is 5.32 Å². The number of benzene rings is 3. The first-order chi connectivity index (χ1) is 17.8. The van der Waals surface area contributed by atoms with E-state index in [4.69, 9.17) is 9.15 Å². The fraction of sp³-hybridized carbons (Fsp3) is 0.214. The van der Waals surface area contributed by atoms with Gasteiger partial charge in [0.1, 0.15) is 5.58 Å². The lowest BCUT2D eigenvalue weighted by molar-refractivity contribution is 0.0730. The second-order valence-electron chi connectivity index (χ2n) is 8.82. The van der Waals surface area contributed by atoms with Gasteiger partial charge in [0.25, 0.3) is 0 Å². The third-order valence-corrected chi connectivity index (χ3v) is 8.20. The van der Waals surface area contributed by atoms with Gasteiger partial charge in [0.15, 0.2) is 11.5 Å². The molecule has 190 valence electrons. The highest BCUT2D eigenvalue weighted by molar-refractivity contribution is 7.89. The van der Waals surface area contributed by atoms with Crippen LogP contribution in [0, 0.1) is 6.92 Å². The number of carbonyl (C=O) groups is 2. The number of ether oxygens (including phenoxy) is 1. The Labute approximate surface area is 214 Å². The van der Waals surface area contributed by atoms with Crippen LogP contribution in [-0.2, 0) is 14.8 Å². The highest BCUT2D eigenvalue weighted by Crippen LogP contribution is 2.32. The SMILES string of the molecule is Cc1ccc(C(=O)c2oc3ccccc3c2NCC(=O)c2cccc(S(=O)(=O)N3CCOCC3)c2)cc1. The molecule has 0 spiro atoms. The number of rotatable bonds is 8. The van der Waals surface area contributed by atoms with Crippen molar-refractivity contribution in [2.24, 2.45) is 0 Å². The smallest absolute Gasteiger partial charge is 0.243 e. The Balaban J connectivity index is 1.40. The molecule has 9 heteroatoms. The normalized spacial score (nSPS) is 14.5.